The summed E-state index contributed by atoms with van der Waals surface area (Å²) in [6.07, 6.45) is 3.80. The molecular weight excluding hydrogens is 153 g/mol. The lowest BCUT2D eigenvalue weighted by Gasteiger charge is -2.06. The van der Waals surface area contributed by atoms with Crippen LogP contribution in [-0.4, -0.2) is 29.8 Å². The molecule has 2 atom stereocenters. The molecule has 4 heteroatoms. The zero-order valence-electron chi connectivity index (χ0n) is 7.66. The summed E-state index contributed by atoms with van der Waals surface area (Å²) in [5.41, 5.74) is 0. The van der Waals surface area contributed by atoms with Crippen LogP contribution in [0.1, 0.15) is 26.2 Å². The van der Waals surface area contributed by atoms with Crippen molar-refractivity contribution in [1.82, 2.24) is 5.32 Å². The molecule has 0 amide bonds. The fraction of sp³-hybridized carbons (Fsp3) is 1.00. The van der Waals surface area contributed by atoms with Gasteiger partial charge in [-0.1, -0.05) is 6.42 Å². The van der Waals surface area contributed by atoms with Crippen molar-refractivity contribution in [1.29, 1.82) is 0 Å². The van der Waals surface area contributed by atoms with Crippen LogP contribution in [0.15, 0.2) is 0 Å². The topological polar surface area (TPSA) is 52.5 Å². The summed E-state index contributed by atoms with van der Waals surface area (Å²) < 4.78 is 0. The van der Waals surface area contributed by atoms with Gasteiger partial charge in [0.05, 0.1) is 0 Å². The zero-order chi connectivity index (χ0) is 8.97. The minimum atomic E-state index is -1.11. The molecule has 0 bridgehead atoms. The van der Waals surface area contributed by atoms with E-state index >= 15 is 0 Å². The minimum Gasteiger partial charge on any atom is -0.427 e. The van der Waals surface area contributed by atoms with Crippen molar-refractivity contribution in [3.8, 4) is 0 Å². The molecule has 1 aliphatic rings. The lowest BCUT2D eigenvalue weighted by atomic mass is 9.82. The van der Waals surface area contributed by atoms with Crippen molar-refractivity contribution in [3.63, 3.8) is 0 Å². The Morgan fingerprint density at radius 3 is 2.75 bits per heavy atom. The Morgan fingerprint density at radius 2 is 2.25 bits per heavy atom. The third kappa shape index (κ3) is 3.56. The lowest BCUT2D eigenvalue weighted by Crippen LogP contribution is -2.16. The van der Waals surface area contributed by atoms with Gasteiger partial charge in [0.15, 0.2) is 0 Å². The maximum absolute atomic E-state index is 8.62. The van der Waals surface area contributed by atoms with Crippen LogP contribution in [0, 0.1) is 5.92 Å². The number of nitrogens with one attached hydrogen (secondary N) is 1. The van der Waals surface area contributed by atoms with Gasteiger partial charge in [0.25, 0.3) is 0 Å². The zero-order valence-corrected chi connectivity index (χ0v) is 7.66. The predicted octanol–water partition coefficient (Wildman–Crippen LogP) is 0.237. The highest BCUT2D eigenvalue weighted by molar-refractivity contribution is 6.40. The first-order valence-electron chi connectivity index (χ1n) is 4.78. The maximum Gasteiger partial charge on any atom is 0.451 e. The summed E-state index contributed by atoms with van der Waals surface area (Å²) in [4.78, 5) is 0. The molecule has 12 heavy (non-hydrogen) atoms. The average Bonchev–Trinajstić information content (AvgIpc) is 2.35. The van der Waals surface area contributed by atoms with E-state index in [4.69, 9.17) is 10.0 Å². The Bertz CT molecular complexity index is 132. The molecule has 1 rings (SSSR count). The van der Waals surface area contributed by atoms with Crippen molar-refractivity contribution in [2.24, 2.45) is 5.92 Å². The van der Waals surface area contributed by atoms with Gasteiger partial charge in [0.2, 0.25) is 0 Å². The van der Waals surface area contributed by atoms with Gasteiger partial charge >= 0.3 is 7.12 Å². The highest BCUT2D eigenvalue weighted by Crippen LogP contribution is 2.19. The molecule has 1 aliphatic heterocycles. The van der Waals surface area contributed by atoms with Crippen LogP contribution < -0.4 is 5.32 Å². The Kier molecular flexibility index (Phi) is 4.05. The van der Waals surface area contributed by atoms with Crippen molar-refractivity contribution in [3.05, 3.63) is 0 Å². The summed E-state index contributed by atoms with van der Waals surface area (Å²) in [5.74, 6) is 0.749. The molecule has 0 aliphatic carbocycles. The molecule has 1 fully saturated rings. The molecule has 1 heterocycles. The summed E-state index contributed by atoms with van der Waals surface area (Å²) in [7, 11) is -1.11. The summed E-state index contributed by atoms with van der Waals surface area (Å²) in [5, 5.41) is 20.6. The molecule has 0 spiro atoms. The van der Waals surface area contributed by atoms with Gasteiger partial charge in [0, 0.05) is 6.04 Å². The van der Waals surface area contributed by atoms with Crippen molar-refractivity contribution < 1.29 is 10.0 Å². The van der Waals surface area contributed by atoms with E-state index in [-0.39, 0.29) is 0 Å². The average molecular weight is 171 g/mol. The normalized spacial score (nSPS) is 29.2. The van der Waals surface area contributed by atoms with Gasteiger partial charge in [-0.05, 0) is 38.5 Å². The number of hydrogen-bond acceptors (Lipinski definition) is 3. The largest absolute Gasteiger partial charge is 0.451 e. The quantitative estimate of drug-likeness (QED) is 0.531. The van der Waals surface area contributed by atoms with Crippen molar-refractivity contribution in [2.75, 3.05) is 6.54 Å². The Labute approximate surface area is 74.3 Å². The molecule has 0 saturated carbocycles. The summed E-state index contributed by atoms with van der Waals surface area (Å²) in [6, 6.07) is 0.647. The predicted molar refractivity (Wildman–Crippen MR) is 49.8 cm³/mol. The molecular formula is C8H18BNO2. The second-order valence-electron chi connectivity index (χ2n) is 3.82. The van der Waals surface area contributed by atoms with Crippen LogP contribution in [0.25, 0.3) is 0 Å². The molecule has 70 valence electrons. The summed E-state index contributed by atoms with van der Waals surface area (Å²) >= 11 is 0. The van der Waals surface area contributed by atoms with Gasteiger partial charge in [-0.15, -0.1) is 0 Å². The smallest absolute Gasteiger partial charge is 0.427 e. The first kappa shape index (κ1) is 10.0. The van der Waals surface area contributed by atoms with Gasteiger partial charge in [-0.25, -0.2) is 0 Å². The van der Waals surface area contributed by atoms with E-state index in [1.807, 2.05) is 0 Å². The molecule has 0 aromatic rings. The molecule has 3 nitrogen and oxygen atoms in total. The molecule has 0 aromatic carbocycles. The Hall–Kier alpha value is -0.0551. The van der Waals surface area contributed by atoms with Gasteiger partial charge in [-0.2, -0.15) is 0 Å². The third-order valence-electron chi connectivity index (χ3n) is 2.52. The SMILES string of the molecule is CC1CC(CCCB(O)O)CN1. The second-order valence-corrected chi connectivity index (χ2v) is 3.82. The van der Waals surface area contributed by atoms with E-state index in [1.54, 1.807) is 0 Å². The van der Waals surface area contributed by atoms with Crippen LogP contribution in [-0.2, 0) is 0 Å². The highest BCUT2D eigenvalue weighted by Gasteiger charge is 2.20. The fourth-order valence-electron chi connectivity index (χ4n) is 1.84. The first-order valence-corrected chi connectivity index (χ1v) is 4.78. The van der Waals surface area contributed by atoms with Crippen LogP contribution in [0.4, 0.5) is 0 Å². The van der Waals surface area contributed by atoms with Crippen molar-refractivity contribution >= 4 is 7.12 Å². The minimum absolute atomic E-state index is 0.519. The Morgan fingerprint density at radius 1 is 1.50 bits per heavy atom. The van der Waals surface area contributed by atoms with E-state index in [0.29, 0.717) is 12.4 Å². The molecule has 0 aromatic heterocycles. The van der Waals surface area contributed by atoms with E-state index in [2.05, 4.69) is 12.2 Å². The fourth-order valence-corrected chi connectivity index (χ4v) is 1.84. The van der Waals surface area contributed by atoms with Gasteiger partial charge in [0.1, 0.15) is 0 Å². The molecule has 3 N–H and O–H groups in total. The van der Waals surface area contributed by atoms with Gasteiger partial charge in [-0.3, -0.25) is 0 Å². The second kappa shape index (κ2) is 4.85. The first-order chi connectivity index (χ1) is 5.68. The van der Waals surface area contributed by atoms with E-state index in [1.165, 1.54) is 6.42 Å². The standard InChI is InChI=1S/C8H18BNO2/c1-7-5-8(6-10-7)3-2-4-9(11)12/h7-8,10-12H,2-6H2,1H3. The third-order valence-corrected chi connectivity index (χ3v) is 2.52. The van der Waals surface area contributed by atoms with E-state index in [9.17, 15) is 0 Å². The lowest BCUT2D eigenvalue weighted by molar-refractivity contribution is 0.397. The van der Waals surface area contributed by atoms with Crippen LogP contribution in [0.5, 0.6) is 0 Å². The highest BCUT2D eigenvalue weighted by atomic mass is 16.4. The Balaban J connectivity index is 2.00. The van der Waals surface area contributed by atoms with Crippen LogP contribution in [0.3, 0.4) is 0 Å². The number of rotatable bonds is 4. The van der Waals surface area contributed by atoms with Crippen LogP contribution in [0.2, 0.25) is 6.32 Å². The van der Waals surface area contributed by atoms with Gasteiger partial charge < -0.3 is 15.4 Å². The number of hydrogen-bond donors (Lipinski definition) is 3. The summed E-state index contributed by atoms with van der Waals surface area (Å²) in [6.45, 7) is 3.30. The van der Waals surface area contributed by atoms with E-state index < -0.39 is 7.12 Å². The van der Waals surface area contributed by atoms with Crippen molar-refractivity contribution in [2.45, 2.75) is 38.5 Å². The monoisotopic (exact) mass is 171 g/mol. The van der Waals surface area contributed by atoms with E-state index in [0.717, 1.165) is 25.3 Å². The molecule has 0 radical (unpaired) electrons. The molecule has 2 unspecified atom stereocenters. The van der Waals surface area contributed by atoms with Crippen LogP contribution >= 0.6 is 0 Å². The maximum atomic E-state index is 8.62. The molecule has 1 saturated heterocycles.